The van der Waals surface area contributed by atoms with Crippen molar-refractivity contribution >= 4 is 11.3 Å². The van der Waals surface area contributed by atoms with Gasteiger partial charge < -0.3 is 5.32 Å². The lowest BCUT2D eigenvalue weighted by Gasteiger charge is -2.50. The fourth-order valence-electron chi connectivity index (χ4n) is 3.92. The smallest absolute Gasteiger partial charge is 0.0794 e. The lowest BCUT2D eigenvalue weighted by molar-refractivity contribution is 0.0186. The van der Waals surface area contributed by atoms with Crippen LogP contribution in [0, 0.1) is 5.41 Å². The first-order valence-electron chi connectivity index (χ1n) is 7.85. The molecule has 3 rings (SSSR count). The van der Waals surface area contributed by atoms with Gasteiger partial charge in [-0.2, -0.15) is 0 Å². The lowest BCUT2D eigenvalue weighted by Crippen LogP contribution is -2.65. The molecule has 0 bridgehead atoms. The third-order valence-electron chi connectivity index (χ3n) is 5.02. The van der Waals surface area contributed by atoms with E-state index in [-0.39, 0.29) is 0 Å². The molecule has 0 radical (unpaired) electrons. The van der Waals surface area contributed by atoms with E-state index in [1.807, 2.05) is 11.7 Å². The SMILES string of the molecule is CC(C)(C)C1CNC2(CCCC2)CN1Cc1cncs1. The maximum atomic E-state index is 4.24. The third-order valence-corrected chi connectivity index (χ3v) is 5.78. The summed E-state index contributed by atoms with van der Waals surface area (Å²) in [6, 6.07) is 0.607. The molecule has 1 saturated carbocycles. The molecule has 2 heterocycles. The van der Waals surface area contributed by atoms with Crippen molar-refractivity contribution in [3.63, 3.8) is 0 Å². The summed E-state index contributed by atoms with van der Waals surface area (Å²) in [4.78, 5) is 8.36. The highest BCUT2D eigenvalue weighted by Crippen LogP contribution is 2.37. The van der Waals surface area contributed by atoms with Crippen LogP contribution in [-0.4, -0.2) is 34.6 Å². The van der Waals surface area contributed by atoms with Crippen LogP contribution in [0.15, 0.2) is 11.7 Å². The maximum absolute atomic E-state index is 4.24. The molecule has 1 atom stereocenters. The Kier molecular flexibility index (Phi) is 3.91. The van der Waals surface area contributed by atoms with Gasteiger partial charge in [-0.3, -0.25) is 9.88 Å². The van der Waals surface area contributed by atoms with Gasteiger partial charge in [-0.15, -0.1) is 11.3 Å². The third kappa shape index (κ3) is 2.92. The molecule has 1 aliphatic heterocycles. The second kappa shape index (κ2) is 5.39. The van der Waals surface area contributed by atoms with E-state index in [9.17, 15) is 0 Å². The van der Waals surface area contributed by atoms with Crippen molar-refractivity contribution in [2.75, 3.05) is 13.1 Å². The first-order valence-corrected chi connectivity index (χ1v) is 8.73. The number of nitrogens with zero attached hydrogens (tertiary/aromatic N) is 2. The maximum Gasteiger partial charge on any atom is 0.0794 e. The van der Waals surface area contributed by atoms with Gasteiger partial charge in [0.25, 0.3) is 0 Å². The molecule has 1 aliphatic carbocycles. The normalized spacial score (nSPS) is 27.2. The van der Waals surface area contributed by atoms with Crippen LogP contribution in [0.3, 0.4) is 0 Å². The molecule has 2 fully saturated rings. The zero-order chi connectivity index (χ0) is 14.2. The van der Waals surface area contributed by atoms with Gasteiger partial charge in [0.1, 0.15) is 0 Å². The number of hydrogen-bond donors (Lipinski definition) is 1. The standard InChI is InChI=1S/C16H27N3S/c1-15(2,3)14-9-18-16(6-4-5-7-16)11-19(14)10-13-8-17-12-20-13/h8,12,14,18H,4-7,9-11H2,1-3H3. The Bertz CT molecular complexity index is 429. The molecular weight excluding hydrogens is 266 g/mol. The first-order chi connectivity index (χ1) is 9.49. The van der Waals surface area contributed by atoms with Gasteiger partial charge in [0, 0.05) is 42.3 Å². The van der Waals surface area contributed by atoms with E-state index in [1.54, 1.807) is 11.3 Å². The Morgan fingerprint density at radius 3 is 2.75 bits per heavy atom. The highest BCUT2D eigenvalue weighted by atomic mass is 32.1. The Morgan fingerprint density at radius 1 is 1.40 bits per heavy atom. The van der Waals surface area contributed by atoms with Crippen molar-refractivity contribution in [3.05, 3.63) is 16.6 Å². The molecule has 1 saturated heterocycles. The van der Waals surface area contributed by atoms with Crippen molar-refractivity contribution in [2.24, 2.45) is 5.41 Å². The van der Waals surface area contributed by atoms with Crippen LogP contribution >= 0.6 is 11.3 Å². The van der Waals surface area contributed by atoms with Gasteiger partial charge >= 0.3 is 0 Å². The molecule has 0 aromatic carbocycles. The van der Waals surface area contributed by atoms with Crippen LogP contribution < -0.4 is 5.32 Å². The van der Waals surface area contributed by atoms with E-state index in [0.29, 0.717) is 17.0 Å². The Morgan fingerprint density at radius 2 is 2.15 bits per heavy atom. The molecule has 3 nitrogen and oxygen atoms in total. The van der Waals surface area contributed by atoms with Crippen LogP contribution in [0.25, 0.3) is 0 Å². The van der Waals surface area contributed by atoms with Crippen molar-refractivity contribution in [3.8, 4) is 0 Å². The largest absolute Gasteiger partial charge is 0.308 e. The molecule has 112 valence electrons. The lowest BCUT2D eigenvalue weighted by atomic mass is 9.81. The second-order valence-corrected chi connectivity index (χ2v) is 8.59. The minimum absolute atomic E-state index is 0.317. The number of hydrogen-bond acceptors (Lipinski definition) is 4. The highest BCUT2D eigenvalue weighted by Gasteiger charge is 2.44. The van der Waals surface area contributed by atoms with E-state index < -0.39 is 0 Å². The van der Waals surface area contributed by atoms with E-state index in [2.05, 4.69) is 36.0 Å². The monoisotopic (exact) mass is 293 g/mol. The first kappa shape index (κ1) is 14.5. The molecule has 1 N–H and O–H groups in total. The van der Waals surface area contributed by atoms with Gasteiger partial charge in [-0.25, -0.2) is 0 Å². The van der Waals surface area contributed by atoms with Crippen molar-refractivity contribution in [1.82, 2.24) is 15.2 Å². The number of nitrogens with one attached hydrogen (secondary N) is 1. The fraction of sp³-hybridized carbons (Fsp3) is 0.812. The van der Waals surface area contributed by atoms with Gasteiger partial charge in [0.2, 0.25) is 0 Å². The molecule has 1 aromatic rings. The van der Waals surface area contributed by atoms with E-state index in [4.69, 9.17) is 0 Å². The average molecular weight is 293 g/mol. The minimum Gasteiger partial charge on any atom is -0.308 e. The average Bonchev–Trinajstić information content (AvgIpc) is 3.00. The van der Waals surface area contributed by atoms with Gasteiger partial charge in [-0.05, 0) is 18.3 Å². The van der Waals surface area contributed by atoms with E-state index >= 15 is 0 Å². The minimum atomic E-state index is 0.317. The molecular formula is C16H27N3S. The summed E-state index contributed by atoms with van der Waals surface area (Å²) >= 11 is 1.79. The number of piperazine rings is 1. The fourth-order valence-corrected chi connectivity index (χ4v) is 4.54. The van der Waals surface area contributed by atoms with Crippen molar-refractivity contribution in [2.45, 2.75) is 64.6 Å². The second-order valence-electron chi connectivity index (χ2n) is 7.62. The van der Waals surface area contributed by atoms with Gasteiger partial charge in [-0.1, -0.05) is 33.6 Å². The van der Waals surface area contributed by atoms with Crippen molar-refractivity contribution in [1.29, 1.82) is 0 Å². The van der Waals surface area contributed by atoms with Crippen LogP contribution in [0.5, 0.6) is 0 Å². The summed E-state index contributed by atoms with van der Waals surface area (Å²) in [5.41, 5.74) is 2.67. The summed E-state index contributed by atoms with van der Waals surface area (Å²) in [5, 5.41) is 3.91. The van der Waals surface area contributed by atoms with Crippen LogP contribution in [0.2, 0.25) is 0 Å². The Hall–Kier alpha value is -0.450. The van der Waals surface area contributed by atoms with Gasteiger partial charge in [0.15, 0.2) is 0 Å². The molecule has 0 amide bonds. The summed E-state index contributed by atoms with van der Waals surface area (Å²) in [6.45, 7) is 10.5. The molecule has 4 heteroatoms. The van der Waals surface area contributed by atoms with Gasteiger partial charge in [0.05, 0.1) is 5.51 Å². The van der Waals surface area contributed by atoms with Crippen LogP contribution in [-0.2, 0) is 6.54 Å². The Labute approximate surface area is 126 Å². The van der Waals surface area contributed by atoms with Crippen LogP contribution in [0.4, 0.5) is 0 Å². The zero-order valence-corrected chi connectivity index (χ0v) is 13.8. The quantitative estimate of drug-likeness (QED) is 0.907. The molecule has 1 spiro atoms. The molecule has 2 aliphatic rings. The Balaban J connectivity index is 1.78. The summed E-state index contributed by atoms with van der Waals surface area (Å²) < 4.78 is 0. The molecule has 1 unspecified atom stereocenters. The zero-order valence-electron chi connectivity index (χ0n) is 13.0. The van der Waals surface area contributed by atoms with Crippen LogP contribution in [0.1, 0.15) is 51.3 Å². The molecule has 20 heavy (non-hydrogen) atoms. The summed E-state index contributed by atoms with van der Waals surface area (Å²) in [5.74, 6) is 0. The predicted molar refractivity (Wildman–Crippen MR) is 85.0 cm³/mol. The summed E-state index contributed by atoms with van der Waals surface area (Å²) in [7, 11) is 0. The summed E-state index contributed by atoms with van der Waals surface area (Å²) in [6.07, 6.45) is 7.52. The van der Waals surface area contributed by atoms with E-state index in [1.165, 1.54) is 37.1 Å². The number of aromatic nitrogens is 1. The highest BCUT2D eigenvalue weighted by molar-refractivity contribution is 7.09. The molecule has 1 aromatic heterocycles. The predicted octanol–water partition coefficient (Wildman–Crippen LogP) is 3.28. The number of thiazole rings is 1. The van der Waals surface area contributed by atoms with E-state index in [0.717, 1.165) is 13.1 Å². The number of rotatable bonds is 2. The van der Waals surface area contributed by atoms with Crippen molar-refractivity contribution < 1.29 is 0 Å². The topological polar surface area (TPSA) is 28.2 Å².